The van der Waals surface area contributed by atoms with Gasteiger partial charge in [-0.1, -0.05) is 18.2 Å². The number of rotatable bonds is 4. The highest BCUT2D eigenvalue weighted by Gasteiger charge is 2.08. The fourth-order valence-corrected chi connectivity index (χ4v) is 2.79. The molecule has 14 heavy (non-hydrogen) atoms. The molecule has 0 aliphatic rings. The number of benzene rings is 1. The van der Waals surface area contributed by atoms with Gasteiger partial charge in [0.2, 0.25) is 0 Å². The fourth-order valence-electron chi connectivity index (χ4n) is 0.978. The summed E-state index contributed by atoms with van der Waals surface area (Å²) in [6.07, 6.45) is 0. The average Bonchev–Trinajstić information content (AvgIpc) is 2.07. The minimum Gasteiger partial charge on any atom is -0.481 e. The molecule has 3 nitrogen and oxygen atoms in total. The van der Waals surface area contributed by atoms with Gasteiger partial charge in [0.15, 0.2) is 0 Å². The molecule has 0 radical (unpaired) electrons. The first kappa shape index (κ1) is 11.6. The lowest BCUT2D eigenvalue weighted by molar-refractivity contribution is -0.133. The van der Waals surface area contributed by atoms with Crippen molar-refractivity contribution >= 4 is 39.4 Å². The second-order valence-corrected chi connectivity index (χ2v) is 5.33. The monoisotopic (exact) mass is 324 g/mol. The van der Waals surface area contributed by atoms with Gasteiger partial charge in [0, 0.05) is 14.4 Å². The molecule has 0 spiro atoms. The van der Waals surface area contributed by atoms with E-state index in [0.717, 1.165) is 9.13 Å². The highest BCUT2D eigenvalue weighted by Crippen LogP contribution is 2.13. The summed E-state index contributed by atoms with van der Waals surface area (Å²) in [5, 5.41) is 8.44. The molecule has 1 N–H and O–H groups in total. The lowest BCUT2D eigenvalue weighted by atomic mass is 10.2. The van der Waals surface area contributed by atoms with Gasteiger partial charge in [-0.15, -0.1) is 0 Å². The minimum atomic E-state index is -1.32. The van der Waals surface area contributed by atoms with Crippen molar-refractivity contribution in [3.63, 3.8) is 0 Å². The predicted octanol–water partition coefficient (Wildman–Crippen LogP) is 1.62. The fraction of sp³-hybridized carbons (Fsp3) is 0.222. The molecule has 0 saturated carbocycles. The van der Waals surface area contributed by atoms with Crippen molar-refractivity contribution in [2.45, 2.75) is 5.75 Å². The van der Waals surface area contributed by atoms with Crippen molar-refractivity contribution in [1.82, 2.24) is 0 Å². The summed E-state index contributed by atoms with van der Waals surface area (Å²) < 4.78 is 12.3. The molecular formula is C9H9IO3S. The normalized spacial score (nSPS) is 12.4. The van der Waals surface area contributed by atoms with Crippen LogP contribution in [0, 0.1) is 3.57 Å². The molecule has 0 amide bonds. The first-order chi connectivity index (χ1) is 6.59. The van der Waals surface area contributed by atoms with Gasteiger partial charge >= 0.3 is 5.97 Å². The molecule has 1 aromatic rings. The zero-order valence-corrected chi connectivity index (χ0v) is 10.2. The van der Waals surface area contributed by atoms with Crippen LogP contribution in [0.3, 0.4) is 0 Å². The van der Waals surface area contributed by atoms with Crippen molar-refractivity contribution in [3.8, 4) is 0 Å². The Morgan fingerprint density at radius 2 is 2.07 bits per heavy atom. The molecular weight excluding hydrogens is 315 g/mol. The molecule has 0 bridgehead atoms. The molecule has 5 heteroatoms. The van der Waals surface area contributed by atoms with E-state index in [2.05, 4.69) is 22.6 Å². The van der Waals surface area contributed by atoms with Crippen LogP contribution >= 0.6 is 22.6 Å². The number of hydrogen-bond acceptors (Lipinski definition) is 2. The summed E-state index contributed by atoms with van der Waals surface area (Å²) in [6, 6.07) is 7.52. The second kappa shape index (κ2) is 5.45. The van der Waals surface area contributed by atoms with Gasteiger partial charge in [-0.2, -0.15) is 0 Å². The lowest BCUT2D eigenvalue weighted by Gasteiger charge is -2.02. The largest absolute Gasteiger partial charge is 0.481 e. The topological polar surface area (TPSA) is 54.4 Å². The van der Waals surface area contributed by atoms with Gasteiger partial charge in [-0.3, -0.25) is 9.00 Å². The Morgan fingerprint density at radius 3 is 2.64 bits per heavy atom. The van der Waals surface area contributed by atoms with Gasteiger partial charge in [0.1, 0.15) is 5.75 Å². The van der Waals surface area contributed by atoms with E-state index in [1.54, 1.807) is 0 Å². The Labute approximate surface area is 98.1 Å². The maximum absolute atomic E-state index is 11.3. The van der Waals surface area contributed by atoms with E-state index in [9.17, 15) is 9.00 Å². The summed E-state index contributed by atoms with van der Waals surface area (Å²) in [7, 11) is -1.32. The quantitative estimate of drug-likeness (QED) is 0.857. The zero-order chi connectivity index (χ0) is 10.6. The van der Waals surface area contributed by atoms with Gasteiger partial charge in [0.05, 0.1) is 5.75 Å². The van der Waals surface area contributed by atoms with Crippen molar-refractivity contribution in [2.24, 2.45) is 0 Å². The molecule has 1 rings (SSSR count). The second-order valence-electron chi connectivity index (χ2n) is 2.71. The van der Waals surface area contributed by atoms with Crippen LogP contribution in [-0.4, -0.2) is 21.0 Å². The maximum Gasteiger partial charge on any atom is 0.316 e. The molecule has 0 aliphatic heterocycles. The van der Waals surface area contributed by atoms with E-state index in [4.69, 9.17) is 5.11 Å². The van der Waals surface area contributed by atoms with Gasteiger partial charge < -0.3 is 5.11 Å². The summed E-state index contributed by atoms with van der Waals surface area (Å²) in [5.41, 5.74) is 0.938. The molecule has 76 valence electrons. The first-order valence-corrected chi connectivity index (χ1v) is 6.46. The van der Waals surface area contributed by atoms with Crippen LogP contribution in [0.15, 0.2) is 24.3 Å². The Kier molecular flexibility index (Phi) is 4.53. The van der Waals surface area contributed by atoms with E-state index in [1.165, 1.54) is 0 Å². The van der Waals surface area contributed by atoms with Crippen LogP contribution in [0.2, 0.25) is 0 Å². The standard InChI is InChI=1S/C9H9IO3S/c10-8-4-2-1-3-7(8)5-14(13)6-9(11)12/h1-4H,5-6H2,(H,11,12). The van der Waals surface area contributed by atoms with Crippen LogP contribution in [0.25, 0.3) is 0 Å². The number of halogens is 1. The Morgan fingerprint density at radius 1 is 1.43 bits per heavy atom. The van der Waals surface area contributed by atoms with Crippen LogP contribution in [-0.2, 0) is 21.3 Å². The van der Waals surface area contributed by atoms with Crippen molar-refractivity contribution < 1.29 is 14.1 Å². The number of carboxylic acids is 1. The van der Waals surface area contributed by atoms with Crippen molar-refractivity contribution in [2.75, 3.05) is 5.75 Å². The number of carboxylic acid groups (broad SMARTS) is 1. The molecule has 0 aromatic heterocycles. The van der Waals surface area contributed by atoms with Gasteiger partial charge in [0.25, 0.3) is 0 Å². The van der Waals surface area contributed by atoms with Crippen LogP contribution < -0.4 is 0 Å². The number of carbonyl (C=O) groups is 1. The zero-order valence-electron chi connectivity index (χ0n) is 7.27. The molecule has 0 aliphatic carbocycles. The molecule has 0 fully saturated rings. The third-order valence-electron chi connectivity index (χ3n) is 1.56. The smallest absolute Gasteiger partial charge is 0.316 e. The molecule has 0 heterocycles. The van der Waals surface area contributed by atoms with E-state index in [1.807, 2.05) is 24.3 Å². The van der Waals surface area contributed by atoms with Crippen molar-refractivity contribution in [1.29, 1.82) is 0 Å². The van der Waals surface area contributed by atoms with Crippen LogP contribution in [0.1, 0.15) is 5.56 Å². The third kappa shape index (κ3) is 3.75. The Hall–Kier alpha value is -0.430. The Bertz CT molecular complexity index is 365. The molecule has 0 saturated heterocycles. The molecule has 1 atom stereocenters. The van der Waals surface area contributed by atoms with Gasteiger partial charge in [-0.25, -0.2) is 0 Å². The summed E-state index contributed by atoms with van der Waals surface area (Å²) >= 11 is 2.15. The van der Waals surface area contributed by atoms with E-state index in [-0.39, 0.29) is 5.75 Å². The SMILES string of the molecule is O=C(O)CS(=O)Cc1ccccc1I. The lowest BCUT2D eigenvalue weighted by Crippen LogP contribution is -2.11. The highest BCUT2D eigenvalue weighted by molar-refractivity contribution is 14.1. The predicted molar refractivity (Wildman–Crippen MR) is 63.5 cm³/mol. The molecule has 1 aromatic carbocycles. The average molecular weight is 324 g/mol. The van der Waals surface area contributed by atoms with E-state index >= 15 is 0 Å². The first-order valence-electron chi connectivity index (χ1n) is 3.90. The minimum absolute atomic E-state index is 0.287. The summed E-state index contributed by atoms with van der Waals surface area (Å²) in [5.74, 6) is -0.995. The van der Waals surface area contributed by atoms with Crippen LogP contribution in [0.4, 0.5) is 0 Å². The molecule has 1 unspecified atom stereocenters. The summed E-state index contributed by atoms with van der Waals surface area (Å²) in [6.45, 7) is 0. The van der Waals surface area contributed by atoms with Crippen molar-refractivity contribution in [3.05, 3.63) is 33.4 Å². The van der Waals surface area contributed by atoms with E-state index in [0.29, 0.717) is 5.75 Å². The summed E-state index contributed by atoms with van der Waals surface area (Å²) in [4.78, 5) is 10.3. The third-order valence-corrected chi connectivity index (χ3v) is 3.81. The number of aliphatic carboxylic acids is 1. The van der Waals surface area contributed by atoms with Crippen LogP contribution in [0.5, 0.6) is 0 Å². The number of hydrogen-bond donors (Lipinski definition) is 1. The highest BCUT2D eigenvalue weighted by atomic mass is 127. The van der Waals surface area contributed by atoms with Gasteiger partial charge in [-0.05, 0) is 34.2 Å². The Balaban J connectivity index is 2.65. The maximum atomic E-state index is 11.3. The van der Waals surface area contributed by atoms with E-state index < -0.39 is 16.8 Å².